The molecule has 0 saturated carbocycles. The SMILES string of the molecule is CCc1nc2ccc(CC(=O)NCc3ccccc3OC)cc2[nH]1. The summed E-state index contributed by atoms with van der Waals surface area (Å²) in [5, 5.41) is 2.94. The van der Waals surface area contributed by atoms with E-state index < -0.39 is 0 Å². The molecule has 3 rings (SSSR count). The zero-order valence-corrected chi connectivity index (χ0v) is 13.9. The number of aromatic nitrogens is 2. The molecule has 0 spiro atoms. The van der Waals surface area contributed by atoms with Gasteiger partial charge in [-0.1, -0.05) is 31.2 Å². The van der Waals surface area contributed by atoms with Crippen molar-refractivity contribution < 1.29 is 9.53 Å². The van der Waals surface area contributed by atoms with Gasteiger partial charge in [-0.15, -0.1) is 0 Å². The maximum atomic E-state index is 12.2. The highest BCUT2D eigenvalue weighted by molar-refractivity contribution is 5.81. The summed E-state index contributed by atoms with van der Waals surface area (Å²) in [4.78, 5) is 20.0. The summed E-state index contributed by atoms with van der Waals surface area (Å²) in [6.45, 7) is 2.51. The first-order valence-corrected chi connectivity index (χ1v) is 8.05. The summed E-state index contributed by atoms with van der Waals surface area (Å²) < 4.78 is 5.29. The first-order chi connectivity index (χ1) is 11.7. The number of ether oxygens (including phenoxy) is 1. The van der Waals surface area contributed by atoms with Crippen molar-refractivity contribution in [2.45, 2.75) is 26.3 Å². The summed E-state index contributed by atoms with van der Waals surface area (Å²) in [6.07, 6.45) is 1.20. The number of imidazole rings is 1. The minimum atomic E-state index is -0.0181. The lowest BCUT2D eigenvalue weighted by Crippen LogP contribution is -2.24. The van der Waals surface area contributed by atoms with Gasteiger partial charge in [-0.25, -0.2) is 4.98 Å². The van der Waals surface area contributed by atoms with Crippen LogP contribution in [0.2, 0.25) is 0 Å². The molecule has 0 fully saturated rings. The number of fused-ring (bicyclic) bond motifs is 1. The number of nitrogens with zero attached hydrogens (tertiary/aromatic N) is 1. The van der Waals surface area contributed by atoms with Gasteiger partial charge in [-0.05, 0) is 23.8 Å². The van der Waals surface area contributed by atoms with E-state index in [4.69, 9.17) is 4.74 Å². The highest BCUT2D eigenvalue weighted by Crippen LogP contribution is 2.17. The van der Waals surface area contributed by atoms with Gasteiger partial charge in [0.05, 0.1) is 24.6 Å². The average molecular weight is 323 g/mol. The molecule has 2 aromatic carbocycles. The molecule has 24 heavy (non-hydrogen) atoms. The largest absolute Gasteiger partial charge is 0.496 e. The summed E-state index contributed by atoms with van der Waals surface area (Å²) in [6, 6.07) is 13.6. The number of carbonyl (C=O) groups is 1. The van der Waals surface area contributed by atoms with Crippen LogP contribution < -0.4 is 10.1 Å². The van der Waals surface area contributed by atoms with Gasteiger partial charge in [-0.3, -0.25) is 4.79 Å². The topological polar surface area (TPSA) is 67.0 Å². The Bertz CT molecular complexity index is 855. The van der Waals surface area contributed by atoms with E-state index in [1.165, 1.54) is 0 Å². The monoisotopic (exact) mass is 323 g/mol. The summed E-state index contributed by atoms with van der Waals surface area (Å²) in [5.74, 6) is 1.72. The van der Waals surface area contributed by atoms with Gasteiger partial charge < -0.3 is 15.0 Å². The van der Waals surface area contributed by atoms with Gasteiger partial charge in [-0.2, -0.15) is 0 Å². The van der Waals surface area contributed by atoms with Crippen LogP contribution in [0.25, 0.3) is 11.0 Å². The number of para-hydroxylation sites is 1. The molecule has 1 aromatic heterocycles. The van der Waals surface area contributed by atoms with Crippen molar-refractivity contribution in [1.82, 2.24) is 15.3 Å². The lowest BCUT2D eigenvalue weighted by Gasteiger charge is -2.09. The number of aryl methyl sites for hydroxylation is 1. The third kappa shape index (κ3) is 3.56. The van der Waals surface area contributed by atoms with E-state index in [2.05, 4.69) is 22.2 Å². The number of H-pyrrole nitrogens is 1. The smallest absolute Gasteiger partial charge is 0.224 e. The van der Waals surface area contributed by atoms with Crippen LogP contribution in [0, 0.1) is 0 Å². The zero-order valence-electron chi connectivity index (χ0n) is 13.9. The molecular weight excluding hydrogens is 302 g/mol. The van der Waals surface area contributed by atoms with Crippen LogP contribution in [0.5, 0.6) is 5.75 Å². The number of amides is 1. The molecule has 0 bridgehead atoms. The Kier molecular flexibility index (Phi) is 4.79. The zero-order chi connectivity index (χ0) is 16.9. The van der Waals surface area contributed by atoms with Gasteiger partial charge in [0.2, 0.25) is 5.91 Å². The van der Waals surface area contributed by atoms with E-state index in [1.54, 1.807) is 7.11 Å². The molecule has 5 heteroatoms. The van der Waals surface area contributed by atoms with Crippen LogP contribution in [-0.4, -0.2) is 23.0 Å². The van der Waals surface area contributed by atoms with Crippen LogP contribution in [0.3, 0.4) is 0 Å². The molecule has 0 aliphatic rings. The van der Waals surface area contributed by atoms with Crippen LogP contribution in [-0.2, 0) is 24.2 Å². The van der Waals surface area contributed by atoms with Crippen LogP contribution in [0.1, 0.15) is 23.9 Å². The molecule has 0 radical (unpaired) electrons. The van der Waals surface area contributed by atoms with Crippen molar-refractivity contribution in [2.24, 2.45) is 0 Å². The summed E-state index contributed by atoms with van der Waals surface area (Å²) >= 11 is 0. The minimum absolute atomic E-state index is 0.0181. The van der Waals surface area contributed by atoms with Crippen molar-refractivity contribution in [3.63, 3.8) is 0 Å². The average Bonchev–Trinajstić information content (AvgIpc) is 3.02. The number of nitrogens with one attached hydrogen (secondary N) is 2. The number of rotatable bonds is 6. The fraction of sp³-hybridized carbons (Fsp3) is 0.263. The van der Waals surface area contributed by atoms with Gasteiger partial charge in [0.1, 0.15) is 11.6 Å². The van der Waals surface area contributed by atoms with E-state index in [9.17, 15) is 4.79 Å². The molecule has 0 atom stereocenters. The second-order valence-corrected chi connectivity index (χ2v) is 5.65. The van der Waals surface area contributed by atoms with E-state index in [-0.39, 0.29) is 5.91 Å². The van der Waals surface area contributed by atoms with Crippen molar-refractivity contribution >= 4 is 16.9 Å². The molecule has 1 amide bonds. The maximum Gasteiger partial charge on any atom is 0.224 e. The molecule has 0 aliphatic carbocycles. The van der Waals surface area contributed by atoms with E-state index in [0.717, 1.165) is 40.2 Å². The third-order valence-corrected chi connectivity index (χ3v) is 3.96. The molecule has 3 aromatic rings. The van der Waals surface area contributed by atoms with E-state index >= 15 is 0 Å². The number of hydrogen-bond donors (Lipinski definition) is 2. The third-order valence-electron chi connectivity index (χ3n) is 3.96. The first-order valence-electron chi connectivity index (χ1n) is 8.05. The predicted molar refractivity (Wildman–Crippen MR) is 94.0 cm³/mol. The highest BCUT2D eigenvalue weighted by atomic mass is 16.5. The van der Waals surface area contributed by atoms with Crippen LogP contribution in [0.4, 0.5) is 0 Å². The van der Waals surface area contributed by atoms with Gasteiger partial charge in [0, 0.05) is 18.5 Å². The predicted octanol–water partition coefficient (Wildman–Crippen LogP) is 2.99. The molecule has 124 valence electrons. The van der Waals surface area contributed by atoms with E-state index in [1.807, 2.05) is 42.5 Å². The van der Waals surface area contributed by atoms with Crippen molar-refractivity contribution in [3.05, 3.63) is 59.4 Å². The Hall–Kier alpha value is -2.82. The van der Waals surface area contributed by atoms with Gasteiger partial charge in [0.25, 0.3) is 0 Å². The van der Waals surface area contributed by atoms with Crippen molar-refractivity contribution in [3.8, 4) is 5.75 Å². The normalized spacial score (nSPS) is 10.8. The Balaban J connectivity index is 1.64. The number of methoxy groups -OCH3 is 1. The molecule has 0 saturated heterocycles. The molecule has 1 heterocycles. The lowest BCUT2D eigenvalue weighted by atomic mass is 10.1. The Labute approximate surface area is 141 Å². The number of benzene rings is 2. The second kappa shape index (κ2) is 7.17. The number of aromatic amines is 1. The Morgan fingerprint density at radius 2 is 2.08 bits per heavy atom. The lowest BCUT2D eigenvalue weighted by molar-refractivity contribution is -0.120. The fourth-order valence-electron chi connectivity index (χ4n) is 2.68. The maximum absolute atomic E-state index is 12.2. The fourth-order valence-corrected chi connectivity index (χ4v) is 2.68. The summed E-state index contributed by atoms with van der Waals surface area (Å²) in [5.41, 5.74) is 3.84. The number of carbonyl (C=O) groups excluding carboxylic acids is 1. The quantitative estimate of drug-likeness (QED) is 0.733. The molecular formula is C19H21N3O2. The molecule has 5 nitrogen and oxygen atoms in total. The second-order valence-electron chi connectivity index (χ2n) is 5.65. The first kappa shape index (κ1) is 16.1. The van der Waals surface area contributed by atoms with Crippen LogP contribution >= 0.6 is 0 Å². The van der Waals surface area contributed by atoms with E-state index in [0.29, 0.717) is 13.0 Å². The van der Waals surface area contributed by atoms with Crippen LogP contribution in [0.15, 0.2) is 42.5 Å². The van der Waals surface area contributed by atoms with Gasteiger partial charge in [0.15, 0.2) is 0 Å². The number of hydrogen-bond acceptors (Lipinski definition) is 3. The van der Waals surface area contributed by atoms with Gasteiger partial charge >= 0.3 is 0 Å². The van der Waals surface area contributed by atoms with Crippen molar-refractivity contribution in [2.75, 3.05) is 7.11 Å². The molecule has 0 unspecified atom stereocenters. The summed E-state index contributed by atoms with van der Waals surface area (Å²) in [7, 11) is 1.63. The standard InChI is InChI=1S/C19H21N3O2/c1-3-18-21-15-9-8-13(10-16(15)22-18)11-19(23)20-12-14-6-4-5-7-17(14)24-2/h4-10H,3,11-12H2,1-2H3,(H,20,23)(H,21,22). The molecule has 2 N–H and O–H groups in total. The minimum Gasteiger partial charge on any atom is -0.496 e. The Morgan fingerprint density at radius 3 is 2.88 bits per heavy atom. The highest BCUT2D eigenvalue weighted by Gasteiger charge is 2.08. The Morgan fingerprint density at radius 1 is 1.25 bits per heavy atom. The molecule has 0 aliphatic heterocycles. The van der Waals surface area contributed by atoms with Crippen molar-refractivity contribution in [1.29, 1.82) is 0 Å².